The van der Waals surface area contributed by atoms with Crippen LogP contribution in [0.3, 0.4) is 0 Å². The lowest BCUT2D eigenvalue weighted by Crippen LogP contribution is -2.05. The van der Waals surface area contributed by atoms with E-state index in [1.807, 2.05) is 0 Å². The molecular formula is C12H14BrFO2. The molecule has 0 aromatic heterocycles. The van der Waals surface area contributed by atoms with Crippen LogP contribution in [0.1, 0.15) is 31.4 Å². The van der Waals surface area contributed by atoms with Gasteiger partial charge in [0.2, 0.25) is 0 Å². The minimum Gasteiger partial charge on any atom is -0.491 e. The van der Waals surface area contributed by atoms with Crippen LogP contribution in [-0.2, 0) is 0 Å². The first-order valence-electron chi connectivity index (χ1n) is 5.43. The number of rotatable bonds is 4. The third kappa shape index (κ3) is 2.38. The highest BCUT2D eigenvalue weighted by molar-refractivity contribution is 9.10. The van der Waals surface area contributed by atoms with Crippen molar-refractivity contribution in [2.45, 2.75) is 25.9 Å². The molecule has 88 valence electrons. The van der Waals surface area contributed by atoms with Crippen LogP contribution < -0.4 is 4.74 Å². The SMILES string of the molecule is CCOc1cc(Br)cc(C(O)C2CC2)c1F. The van der Waals surface area contributed by atoms with Gasteiger partial charge in [0.25, 0.3) is 0 Å². The Bertz CT molecular complexity index is 391. The van der Waals surface area contributed by atoms with E-state index in [9.17, 15) is 9.50 Å². The Morgan fingerprint density at radius 3 is 2.81 bits per heavy atom. The second-order valence-corrected chi connectivity index (χ2v) is 4.94. The molecule has 0 radical (unpaired) electrons. The van der Waals surface area contributed by atoms with Crippen LogP contribution in [0, 0.1) is 11.7 Å². The van der Waals surface area contributed by atoms with Gasteiger partial charge in [-0.3, -0.25) is 0 Å². The van der Waals surface area contributed by atoms with E-state index in [1.165, 1.54) is 0 Å². The molecule has 1 aromatic rings. The Kier molecular flexibility index (Phi) is 3.50. The Balaban J connectivity index is 2.35. The molecular weight excluding hydrogens is 275 g/mol. The van der Waals surface area contributed by atoms with E-state index >= 15 is 0 Å². The first-order chi connectivity index (χ1) is 7.63. The van der Waals surface area contributed by atoms with Crippen LogP contribution >= 0.6 is 15.9 Å². The van der Waals surface area contributed by atoms with Crippen molar-refractivity contribution in [2.24, 2.45) is 5.92 Å². The Morgan fingerprint density at radius 1 is 1.56 bits per heavy atom. The summed E-state index contributed by atoms with van der Waals surface area (Å²) in [7, 11) is 0. The van der Waals surface area contributed by atoms with Crippen molar-refractivity contribution in [3.05, 3.63) is 28.0 Å². The molecule has 1 unspecified atom stereocenters. The van der Waals surface area contributed by atoms with Crippen LogP contribution in [0.2, 0.25) is 0 Å². The lowest BCUT2D eigenvalue weighted by molar-refractivity contribution is 0.148. The third-order valence-corrected chi connectivity index (χ3v) is 3.18. The Labute approximate surface area is 103 Å². The molecule has 0 saturated heterocycles. The number of hydrogen-bond acceptors (Lipinski definition) is 2. The highest BCUT2D eigenvalue weighted by atomic mass is 79.9. The molecule has 0 bridgehead atoms. The van der Waals surface area contributed by atoms with Gasteiger partial charge in [-0.2, -0.15) is 0 Å². The van der Waals surface area contributed by atoms with Crippen LogP contribution in [-0.4, -0.2) is 11.7 Å². The summed E-state index contributed by atoms with van der Waals surface area (Å²) in [5.41, 5.74) is 0.334. The average Bonchev–Trinajstić information content (AvgIpc) is 3.06. The lowest BCUT2D eigenvalue weighted by atomic mass is 10.0. The summed E-state index contributed by atoms with van der Waals surface area (Å²) in [5.74, 6) is -0.0331. The van der Waals surface area contributed by atoms with Gasteiger partial charge in [0.15, 0.2) is 11.6 Å². The molecule has 0 heterocycles. The van der Waals surface area contributed by atoms with Gasteiger partial charge in [-0.25, -0.2) is 4.39 Å². The van der Waals surface area contributed by atoms with Crippen LogP contribution in [0.15, 0.2) is 16.6 Å². The summed E-state index contributed by atoms with van der Waals surface area (Å²) in [6, 6.07) is 3.21. The van der Waals surface area contributed by atoms with E-state index in [1.54, 1.807) is 19.1 Å². The molecule has 0 amide bonds. The minimum absolute atomic E-state index is 0.201. The first kappa shape index (κ1) is 11.9. The van der Waals surface area contributed by atoms with Gasteiger partial charge in [0, 0.05) is 10.0 Å². The van der Waals surface area contributed by atoms with E-state index in [2.05, 4.69) is 15.9 Å². The Morgan fingerprint density at radius 2 is 2.25 bits per heavy atom. The van der Waals surface area contributed by atoms with E-state index in [0.29, 0.717) is 12.2 Å². The lowest BCUT2D eigenvalue weighted by Gasteiger charge is -2.14. The summed E-state index contributed by atoms with van der Waals surface area (Å²) in [6.07, 6.45) is 1.23. The molecule has 1 saturated carbocycles. The molecule has 16 heavy (non-hydrogen) atoms. The topological polar surface area (TPSA) is 29.5 Å². The fourth-order valence-electron chi connectivity index (χ4n) is 1.73. The number of hydrogen-bond donors (Lipinski definition) is 1. The molecule has 0 aliphatic heterocycles. The quantitative estimate of drug-likeness (QED) is 0.920. The van der Waals surface area contributed by atoms with Crippen molar-refractivity contribution >= 4 is 15.9 Å². The molecule has 0 spiro atoms. The predicted molar refractivity (Wildman–Crippen MR) is 63.0 cm³/mol. The van der Waals surface area contributed by atoms with Crippen LogP contribution in [0.4, 0.5) is 4.39 Å². The van der Waals surface area contributed by atoms with Gasteiger partial charge >= 0.3 is 0 Å². The fraction of sp³-hybridized carbons (Fsp3) is 0.500. The summed E-state index contributed by atoms with van der Waals surface area (Å²) in [4.78, 5) is 0. The molecule has 1 aliphatic carbocycles. The van der Waals surface area contributed by atoms with E-state index < -0.39 is 11.9 Å². The first-order valence-corrected chi connectivity index (χ1v) is 6.22. The maximum Gasteiger partial charge on any atom is 0.170 e. The van der Waals surface area contributed by atoms with Crippen molar-refractivity contribution in [3.8, 4) is 5.75 Å². The van der Waals surface area contributed by atoms with E-state index in [0.717, 1.165) is 17.3 Å². The fourth-order valence-corrected chi connectivity index (χ4v) is 2.18. The van der Waals surface area contributed by atoms with E-state index in [-0.39, 0.29) is 11.7 Å². The molecule has 1 aromatic carbocycles. The van der Waals surface area contributed by atoms with Crippen LogP contribution in [0.25, 0.3) is 0 Å². The average molecular weight is 289 g/mol. The molecule has 1 atom stereocenters. The Hall–Kier alpha value is -0.610. The summed E-state index contributed by atoms with van der Waals surface area (Å²) < 4.78 is 19.9. The van der Waals surface area contributed by atoms with Crippen molar-refractivity contribution in [3.63, 3.8) is 0 Å². The number of aliphatic hydroxyl groups is 1. The highest BCUT2D eigenvalue weighted by Gasteiger charge is 2.33. The predicted octanol–water partition coefficient (Wildman–Crippen LogP) is 3.43. The summed E-state index contributed by atoms with van der Waals surface area (Å²) in [6.45, 7) is 2.21. The zero-order chi connectivity index (χ0) is 11.7. The smallest absolute Gasteiger partial charge is 0.170 e. The van der Waals surface area contributed by atoms with Crippen molar-refractivity contribution in [2.75, 3.05) is 6.61 Å². The van der Waals surface area contributed by atoms with Crippen molar-refractivity contribution in [1.29, 1.82) is 0 Å². The van der Waals surface area contributed by atoms with Gasteiger partial charge in [0.05, 0.1) is 12.7 Å². The van der Waals surface area contributed by atoms with Gasteiger partial charge in [-0.05, 0) is 37.8 Å². The maximum absolute atomic E-state index is 14.0. The van der Waals surface area contributed by atoms with Crippen LogP contribution in [0.5, 0.6) is 5.75 Å². The number of halogens is 2. The summed E-state index contributed by atoms with van der Waals surface area (Å²) >= 11 is 3.30. The number of benzene rings is 1. The van der Waals surface area contributed by atoms with Gasteiger partial charge in [-0.1, -0.05) is 15.9 Å². The second kappa shape index (κ2) is 4.72. The standard InChI is InChI=1S/C12H14BrFO2/c1-2-16-10-6-8(13)5-9(11(10)14)12(15)7-3-4-7/h5-7,12,15H,2-4H2,1H3. The minimum atomic E-state index is -0.711. The maximum atomic E-state index is 14.0. The number of ether oxygens (including phenoxy) is 1. The van der Waals surface area contributed by atoms with Gasteiger partial charge in [-0.15, -0.1) is 0 Å². The zero-order valence-electron chi connectivity index (χ0n) is 9.04. The van der Waals surface area contributed by atoms with E-state index in [4.69, 9.17) is 4.74 Å². The number of aliphatic hydroxyl groups excluding tert-OH is 1. The molecule has 2 nitrogen and oxygen atoms in total. The molecule has 1 fully saturated rings. The monoisotopic (exact) mass is 288 g/mol. The molecule has 1 aliphatic rings. The van der Waals surface area contributed by atoms with Crippen molar-refractivity contribution in [1.82, 2.24) is 0 Å². The highest BCUT2D eigenvalue weighted by Crippen LogP contribution is 2.43. The second-order valence-electron chi connectivity index (χ2n) is 4.02. The molecule has 1 N–H and O–H groups in total. The zero-order valence-corrected chi connectivity index (χ0v) is 10.6. The largest absolute Gasteiger partial charge is 0.491 e. The van der Waals surface area contributed by atoms with Crippen molar-refractivity contribution < 1.29 is 14.2 Å². The normalized spacial score (nSPS) is 17.2. The summed E-state index contributed by atoms with van der Waals surface area (Å²) in [5, 5.41) is 9.94. The third-order valence-electron chi connectivity index (χ3n) is 2.72. The van der Waals surface area contributed by atoms with Gasteiger partial charge in [0.1, 0.15) is 0 Å². The molecule has 2 rings (SSSR count). The van der Waals surface area contributed by atoms with Gasteiger partial charge < -0.3 is 9.84 Å². The molecule has 4 heteroatoms.